The van der Waals surface area contributed by atoms with Crippen molar-refractivity contribution in [1.82, 2.24) is 10.2 Å². The Hall–Kier alpha value is -1.97. The molecule has 1 heterocycles. The van der Waals surface area contributed by atoms with Gasteiger partial charge in [-0.15, -0.1) is 10.2 Å². The SMILES string of the molecule is CCCCC[C@H]1CC[C@H](CCc2ccc(-c3ccc(OCCC)nn3)cc2F)CC1. The van der Waals surface area contributed by atoms with Gasteiger partial charge in [0, 0.05) is 11.6 Å². The van der Waals surface area contributed by atoms with Crippen molar-refractivity contribution in [2.75, 3.05) is 6.61 Å². The molecule has 1 saturated carbocycles. The number of rotatable bonds is 11. The van der Waals surface area contributed by atoms with E-state index in [1.165, 1.54) is 51.4 Å². The summed E-state index contributed by atoms with van der Waals surface area (Å²) in [6.45, 7) is 4.94. The summed E-state index contributed by atoms with van der Waals surface area (Å²) in [5.74, 6) is 2.07. The Morgan fingerprint density at radius 1 is 0.900 bits per heavy atom. The van der Waals surface area contributed by atoms with Gasteiger partial charge >= 0.3 is 0 Å². The lowest BCUT2D eigenvalue weighted by atomic mass is 9.77. The smallest absolute Gasteiger partial charge is 0.233 e. The first-order valence-electron chi connectivity index (χ1n) is 11.9. The van der Waals surface area contributed by atoms with E-state index >= 15 is 0 Å². The quantitative estimate of drug-likeness (QED) is 0.361. The summed E-state index contributed by atoms with van der Waals surface area (Å²) in [6, 6.07) is 9.11. The van der Waals surface area contributed by atoms with Crippen LogP contribution in [0.1, 0.15) is 83.6 Å². The lowest BCUT2D eigenvalue weighted by Gasteiger charge is -2.28. The van der Waals surface area contributed by atoms with Crippen molar-refractivity contribution in [3.05, 3.63) is 41.7 Å². The number of hydrogen-bond donors (Lipinski definition) is 0. The van der Waals surface area contributed by atoms with Gasteiger partial charge in [-0.1, -0.05) is 77.3 Å². The van der Waals surface area contributed by atoms with Crippen LogP contribution >= 0.6 is 0 Å². The summed E-state index contributed by atoms with van der Waals surface area (Å²) in [6.07, 6.45) is 13.7. The molecule has 3 rings (SSSR count). The second kappa shape index (κ2) is 12.0. The highest BCUT2D eigenvalue weighted by atomic mass is 19.1. The van der Waals surface area contributed by atoms with Gasteiger partial charge in [0.2, 0.25) is 5.88 Å². The van der Waals surface area contributed by atoms with Crippen molar-refractivity contribution in [1.29, 1.82) is 0 Å². The molecule has 0 N–H and O–H groups in total. The highest BCUT2D eigenvalue weighted by molar-refractivity contribution is 5.59. The van der Waals surface area contributed by atoms with E-state index < -0.39 is 0 Å². The molecule has 1 aromatic carbocycles. The number of aromatic nitrogens is 2. The number of benzene rings is 1. The molecular formula is C26H37FN2O. The van der Waals surface area contributed by atoms with E-state index in [4.69, 9.17) is 4.74 Å². The zero-order valence-electron chi connectivity index (χ0n) is 18.7. The highest BCUT2D eigenvalue weighted by Gasteiger charge is 2.21. The van der Waals surface area contributed by atoms with E-state index in [1.807, 2.05) is 25.1 Å². The lowest BCUT2D eigenvalue weighted by Crippen LogP contribution is -2.15. The number of nitrogens with zero attached hydrogens (tertiary/aromatic N) is 2. The van der Waals surface area contributed by atoms with Crippen LogP contribution < -0.4 is 4.74 Å². The number of hydrogen-bond acceptors (Lipinski definition) is 3. The van der Waals surface area contributed by atoms with Crippen LogP contribution in [-0.2, 0) is 6.42 Å². The fraction of sp³-hybridized carbons (Fsp3) is 0.615. The molecule has 1 fully saturated rings. The van der Waals surface area contributed by atoms with E-state index in [0.717, 1.165) is 42.2 Å². The Labute approximate surface area is 181 Å². The minimum Gasteiger partial charge on any atom is -0.477 e. The Kier molecular flexibility index (Phi) is 9.10. The molecule has 1 aliphatic carbocycles. The molecule has 0 aliphatic heterocycles. The van der Waals surface area contributed by atoms with Gasteiger partial charge in [-0.2, -0.15) is 0 Å². The highest BCUT2D eigenvalue weighted by Crippen LogP contribution is 2.34. The van der Waals surface area contributed by atoms with Crippen LogP contribution in [0, 0.1) is 17.7 Å². The summed E-state index contributed by atoms with van der Waals surface area (Å²) in [5.41, 5.74) is 2.25. The number of unbranched alkanes of at least 4 members (excludes halogenated alkanes) is 2. The van der Waals surface area contributed by atoms with Gasteiger partial charge in [0.1, 0.15) is 5.82 Å². The van der Waals surface area contributed by atoms with E-state index in [9.17, 15) is 4.39 Å². The minimum absolute atomic E-state index is 0.131. The molecule has 0 spiro atoms. The van der Waals surface area contributed by atoms with Crippen molar-refractivity contribution in [3.63, 3.8) is 0 Å². The maximum absolute atomic E-state index is 14.7. The van der Waals surface area contributed by atoms with Gasteiger partial charge < -0.3 is 4.74 Å². The topological polar surface area (TPSA) is 35.0 Å². The molecular weight excluding hydrogens is 375 g/mol. The zero-order valence-corrected chi connectivity index (χ0v) is 18.7. The molecule has 1 aromatic heterocycles. The van der Waals surface area contributed by atoms with Gasteiger partial charge in [0.15, 0.2) is 0 Å². The van der Waals surface area contributed by atoms with Gasteiger partial charge in [-0.3, -0.25) is 0 Å². The second-order valence-corrected chi connectivity index (χ2v) is 8.83. The largest absolute Gasteiger partial charge is 0.477 e. The first-order chi connectivity index (χ1) is 14.7. The van der Waals surface area contributed by atoms with E-state index in [2.05, 4.69) is 17.1 Å². The van der Waals surface area contributed by atoms with E-state index in [1.54, 1.807) is 12.1 Å². The van der Waals surface area contributed by atoms with E-state index in [0.29, 0.717) is 18.2 Å². The average Bonchev–Trinajstić information content (AvgIpc) is 2.78. The summed E-state index contributed by atoms with van der Waals surface area (Å²) in [4.78, 5) is 0. The maximum atomic E-state index is 14.7. The molecule has 2 aromatic rings. The van der Waals surface area contributed by atoms with Crippen molar-refractivity contribution in [2.45, 2.75) is 84.5 Å². The Bertz CT molecular complexity index is 754. The second-order valence-electron chi connectivity index (χ2n) is 8.83. The van der Waals surface area contributed by atoms with Crippen molar-refractivity contribution < 1.29 is 9.13 Å². The molecule has 3 nitrogen and oxygen atoms in total. The maximum Gasteiger partial charge on any atom is 0.233 e. The summed E-state index contributed by atoms with van der Waals surface area (Å²) < 4.78 is 20.2. The van der Waals surface area contributed by atoms with Crippen LogP contribution in [0.5, 0.6) is 5.88 Å². The molecule has 30 heavy (non-hydrogen) atoms. The molecule has 1 aliphatic rings. The summed E-state index contributed by atoms with van der Waals surface area (Å²) >= 11 is 0. The monoisotopic (exact) mass is 412 g/mol. The van der Waals surface area contributed by atoms with Crippen LogP contribution in [0.4, 0.5) is 4.39 Å². The fourth-order valence-corrected chi connectivity index (χ4v) is 4.52. The molecule has 0 atom stereocenters. The molecule has 0 saturated heterocycles. The van der Waals surface area contributed by atoms with E-state index in [-0.39, 0.29) is 5.82 Å². The first kappa shape index (κ1) is 22.7. The standard InChI is InChI=1S/C26H37FN2O/c1-3-5-6-7-20-8-10-21(11-9-20)12-13-22-14-15-23(19-24(22)27)25-16-17-26(29-28-25)30-18-4-2/h14-17,19-21H,3-13,18H2,1-2H3/t20-,21-. The minimum atomic E-state index is -0.131. The number of ether oxygens (including phenoxy) is 1. The van der Waals surface area contributed by atoms with Crippen LogP contribution in [-0.4, -0.2) is 16.8 Å². The molecule has 164 valence electrons. The molecule has 0 unspecified atom stereocenters. The third kappa shape index (κ3) is 6.78. The molecule has 0 amide bonds. The predicted molar refractivity (Wildman–Crippen MR) is 121 cm³/mol. The van der Waals surface area contributed by atoms with Crippen LogP contribution in [0.15, 0.2) is 30.3 Å². The Morgan fingerprint density at radius 2 is 1.67 bits per heavy atom. The van der Waals surface area contributed by atoms with Gasteiger partial charge in [0.25, 0.3) is 0 Å². The number of aryl methyl sites for hydroxylation is 1. The molecule has 4 heteroatoms. The van der Waals surface area contributed by atoms with Crippen LogP contribution in [0.3, 0.4) is 0 Å². The Balaban J connectivity index is 1.48. The Morgan fingerprint density at radius 3 is 2.30 bits per heavy atom. The van der Waals surface area contributed by atoms with Gasteiger partial charge in [-0.05, 0) is 48.8 Å². The van der Waals surface area contributed by atoms with Crippen molar-refractivity contribution >= 4 is 0 Å². The fourth-order valence-electron chi connectivity index (χ4n) is 4.52. The number of halogens is 1. The van der Waals surface area contributed by atoms with Gasteiger partial charge in [0.05, 0.1) is 12.3 Å². The third-order valence-corrected chi connectivity index (χ3v) is 6.45. The van der Waals surface area contributed by atoms with Crippen molar-refractivity contribution in [2.24, 2.45) is 11.8 Å². The summed E-state index contributed by atoms with van der Waals surface area (Å²) in [7, 11) is 0. The third-order valence-electron chi connectivity index (χ3n) is 6.45. The zero-order chi connectivity index (χ0) is 21.2. The first-order valence-corrected chi connectivity index (χ1v) is 11.9. The molecule has 0 radical (unpaired) electrons. The normalized spacial score (nSPS) is 19.0. The van der Waals surface area contributed by atoms with Crippen LogP contribution in [0.25, 0.3) is 11.3 Å². The summed E-state index contributed by atoms with van der Waals surface area (Å²) in [5, 5.41) is 8.26. The predicted octanol–water partition coefficient (Wildman–Crippen LogP) is 7.39. The van der Waals surface area contributed by atoms with Crippen LogP contribution in [0.2, 0.25) is 0 Å². The molecule has 0 bridgehead atoms. The average molecular weight is 413 g/mol. The van der Waals surface area contributed by atoms with Crippen molar-refractivity contribution in [3.8, 4) is 17.1 Å². The lowest BCUT2D eigenvalue weighted by molar-refractivity contribution is 0.248. The van der Waals surface area contributed by atoms with Gasteiger partial charge in [-0.25, -0.2) is 4.39 Å².